The molecule has 0 bridgehead atoms. The fourth-order valence-electron chi connectivity index (χ4n) is 1.78. The molecule has 1 aliphatic heterocycles. The maximum absolute atomic E-state index is 11.5. The summed E-state index contributed by atoms with van der Waals surface area (Å²) in [5, 5.41) is 20.7. The van der Waals surface area contributed by atoms with Gasteiger partial charge in [-0.15, -0.1) is 0 Å². The van der Waals surface area contributed by atoms with Crippen LogP contribution in [0.1, 0.15) is 26.2 Å². The van der Waals surface area contributed by atoms with Crippen molar-refractivity contribution in [3.63, 3.8) is 0 Å². The lowest BCUT2D eigenvalue weighted by atomic mass is 10.0. The fraction of sp³-hybridized carbons (Fsp3) is 0.727. The number of aliphatic carboxylic acids is 1. The minimum atomic E-state index is -1.49. The second-order valence-electron chi connectivity index (χ2n) is 4.76. The molecule has 0 saturated carbocycles. The number of carbonyl (C=O) groups excluding carboxylic acids is 2. The molecule has 0 aromatic carbocycles. The van der Waals surface area contributed by atoms with E-state index in [2.05, 4.69) is 5.32 Å². The Labute approximate surface area is 105 Å². The Balaban J connectivity index is 2.32. The molecule has 3 N–H and O–H groups in total. The van der Waals surface area contributed by atoms with Gasteiger partial charge in [0.1, 0.15) is 0 Å². The molecular formula is C11H18N2O5. The van der Waals surface area contributed by atoms with Crippen LogP contribution in [0.3, 0.4) is 0 Å². The molecule has 0 radical (unpaired) electrons. The second-order valence-corrected chi connectivity index (χ2v) is 4.76. The molecule has 0 aliphatic carbocycles. The summed E-state index contributed by atoms with van der Waals surface area (Å²) in [4.78, 5) is 34.7. The summed E-state index contributed by atoms with van der Waals surface area (Å²) in [6.45, 7) is 1.71. The van der Waals surface area contributed by atoms with E-state index < -0.39 is 23.9 Å². The first-order chi connectivity index (χ1) is 8.30. The minimum Gasteiger partial charge on any atom is -0.481 e. The topological polar surface area (TPSA) is 107 Å². The van der Waals surface area contributed by atoms with Crippen LogP contribution in [0.25, 0.3) is 0 Å². The van der Waals surface area contributed by atoms with E-state index in [4.69, 9.17) is 5.11 Å². The molecule has 7 nitrogen and oxygen atoms in total. The Morgan fingerprint density at radius 1 is 1.50 bits per heavy atom. The Hall–Kier alpha value is -1.63. The van der Waals surface area contributed by atoms with Crippen molar-refractivity contribution in [2.75, 3.05) is 19.6 Å². The molecule has 18 heavy (non-hydrogen) atoms. The van der Waals surface area contributed by atoms with Crippen molar-refractivity contribution in [3.05, 3.63) is 0 Å². The van der Waals surface area contributed by atoms with Crippen molar-refractivity contribution in [3.8, 4) is 0 Å². The van der Waals surface area contributed by atoms with E-state index >= 15 is 0 Å². The first kappa shape index (κ1) is 14.4. The maximum Gasteiger partial charge on any atom is 0.306 e. The third kappa shape index (κ3) is 4.70. The Morgan fingerprint density at radius 2 is 2.17 bits per heavy atom. The first-order valence-electron chi connectivity index (χ1n) is 5.79. The van der Waals surface area contributed by atoms with Gasteiger partial charge in [-0.05, 0) is 13.3 Å². The van der Waals surface area contributed by atoms with Gasteiger partial charge in [-0.1, -0.05) is 0 Å². The number of nitrogens with zero attached hydrogens (tertiary/aromatic N) is 1. The number of amides is 2. The monoisotopic (exact) mass is 258 g/mol. The number of carboxylic acid groups (broad SMARTS) is 1. The van der Waals surface area contributed by atoms with Crippen molar-refractivity contribution in [1.82, 2.24) is 10.2 Å². The summed E-state index contributed by atoms with van der Waals surface area (Å²) in [6, 6.07) is 0. The van der Waals surface area contributed by atoms with Gasteiger partial charge in [-0.3, -0.25) is 14.4 Å². The summed E-state index contributed by atoms with van der Waals surface area (Å²) in [5.74, 6) is -1.58. The van der Waals surface area contributed by atoms with Gasteiger partial charge in [0.05, 0.1) is 18.6 Å². The van der Waals surface area contributed by atoms with Crippen LogP contribution in [0.2, 0.25) is 0 Å². The minimum absolute atomic E-state index is 0.0397. The van der Waals surface area contributed by atoms with Gasteiger partial charge in [0, 0.05) is 19.5 Å². The number of hydrogen-bond donors (Lipinski definition) is 3. The number of carbonyl (C=O) groups is 3. The standard InChI is InChI=1S/C11H18N2O5/c1-11(18,5-10(16)17)7-12-8(14)6-13-4-2-3-9(13)15/h18H,2-7H2,1H3,(H,12,14)(H,16,17). The van der Waals surface area contributed by atoms with Gasteiger partial charge in [-0.2, -0.15) is 0 Å². The van der Waals surface area contributed by atoms with Gasteiger partial charge < -0.3 is 20.4 Å². The van der Waals surface area contributed by atoms with Crippen LogP contribution in [0.4, 0.5) is 0 Å². The molecular weight excluding hydrogens is 240 g/mol. The zero-order valence-electron chi connectivity index (χ0n) is 10.3. The Kier molecular flexibility index (Phi) is 4.66. The van der Waals surface area contributed by atoms with Crippen LogP contribution >= 0.6 is 0 Å². The average molecular weight is 258 g/mol. The lowest BCUT2D eigenvalue weighted by Gasteiger charge is -2.22. The lowest BCUT2D eigenvalue weighted by molar-refractivity contribution is -0.142. The molecule has 0 aromatic rings. The molecule has 1 aliphatic rings. The zero-order valence-corrected chi connectivity index (χ0v) is 10.3. The molecule has 7 heteroatoms. The fourth-order valence-corrected chi connectivity index (χ4v) is 1.78. The summed E-state index contributed by atoms with van der Waals surface area (Å²) >= 11 is 0. The largest absolute Gasteiger partial charge is 0.481 e. The van der Waals surface area contributed by atoms with Crippen molar-refractivity contribution < 1.29 is 24.6 Å². The molecule has 0 aromatic heterocycles. The molecule has 1 fully saturated rings. The number of likely N-dealkylation sites (tertiary alicyclic amines) is 1. The highest BCUT2D eigenvalue weighted by Crippen LogP contribution is 2.09. The predicted molar refractivity (Wildman–Crippen MR) is 61.7 cm³/mol. The van der Waals surface area contributed by atoms with E-state index in [-0.39, 0.29) is 19.0 Å². The SMILES string of the molecule is CC(O)(CNC(=O)CN1CCCC1=O)CC(=O)O. The number of nitrogens with one attached hydrogen (secondary N) is 1. The summed E-state index contributed by atoms with van der Waals surface area (Å²) < 4.78 is 0. The van der Waals surface area contributed by atoms with Gasteiger partial charge in [0.15, 0.2) is 0 Å². The molecule has 2 amide bonds. The molecule has 1 atom stereocenters. The number of carboxylic acids is 1. The van der Waals surface area contributed by atoms with Gasteiger partial charge in [0.25, 0.3) is 0 Å². The van der Waals surface area contributed by atoms with Crippen molar-refractivity contribution in [2.45, 2.75) is 31.8 Å². The van der Waals surface area contributed by atoms with Crippen LogP contribution in [0.5, 0.6) is 0 Å². The predicted octanol–water partition coefficient (Wildman–Crippen LogP) is -1.05. The van der Waals surface area contributed by atoms with Gasteiger partial charge >= 0.3 is 5.97 Å². The van der Waals surface area contributed by atoms with E-state index in [1.165, 1.54) is 11.8 Å². The third-order valence-electron chi connectivity index (χ3n) is 2.70. The highest BCUT2D eigenvalue weighted by molar-refractivity contribution is 5.85. The van der Waals surface area contributed by atoms with E-state index in [0.717, 1.165) is 6.42 Å². The average Bonchev–Trinajstić information content (AvgIpc) is 2.60. The molecule has 102 valence electrons. The first-order valence-corrected chi connectivity index (χ1v) is 5.79. The number of rotatable bonds is 6. The summed E-state index contributed by atoms with van der Waals surface area (Å²) in [5.41, 5.74) is -1.49. The third-order valence-corrected chi connectivity index (χ3v) is 2.70. The van der Waals surface area contributed by atoms with E-state index in [0.29, 0.717) is 13.0 Å². The maximum atomic E-state index is 11.5. The molecule has 1 heterocycles. The van der Waals surface area contributed by atoms with Crippen molar-refractivity contribution >= 4 is 17.8 Å². The van der Waals surface area contributed by atoms with Crippen LogP contribution in [-0.2, 0) is 14.4 Å². The normalized spacial score (nSPS) is 18.6. The van der Waals surface area contributed by atoms with Crippen LogP contribution in [0.15, 0.2) is 0 Å². The second kappa shape index (κ2) is 5.81. The Bertz CT molecular complexity index is 353. The summed E-state index contributed by atoms with van der Waals surface area (Å²) in [7, 11) is 0. The van der Waals surface area contributed by atoms with Crippen LogP contribution in [-0.4, -0.2) is 58.1 Å². The summed E-state index contributed by atoms with van der Waals surface area (Å²) in [6.07, 6.45) is 0.767. The van der Waals surface area contributed by atoms with E-state index in [9.17, 15) is 19.5 Å². The van der Waals surface area contributed by atoms with Crippen molar-refractivity contribution in [1.29, 1.82) is 0 Å². The van der Waals surface area contributed by atoms with E-state index in [1.54, 1.807) is 0 Å². The quantitative estimate of drug-likeness (QED) is 0.563. The van der Waals surface area contributed by atoms with Crippen LogP contribution < -0.4 is 5.32 Å². The van der Waals surface area contributed by atoms with Crippen molar-refractivity contribution in [2.24, 2.45) is 0 Å². The smallest absolute Gasteiger partial charge is 0.306 e. The molecule has 1 rings (SSSR count). The van der Waals surface area contributed by atoms with Gasteiger partial charge in [-0.25, -0.2) is 0 Å². The van der Waals surface area contributed by atoms with Gasteiger partial charge in [0.2, 0.25) is 11.8 Å². The molecule has 1 saturated heterocycles. The Morgan fingerprint density at radius 3 is 2.67 bits per heavy atom. The highest BCUT2D eigenvalue weighted by atomic mass is 16.4. The molecule has 0 spiro atoms. The van der Waals surface area contributed by atoms with E-state index in [1.807, 2.05) is 0 Å². The number of aliphatic hydroxyl groups is 1. The molecule has 1 unspecified atom stereocenters. The lowest BCUT2D eigenvalue weighted by Crippen LogP contribution is -2.45. The number of hydrogen-bond acceptors (Lipinski definition) is 4. The van der Waals surface area contributed by atoms with Crippen LogP contribution in [0, 0.1) is 0 Å². The highest BCUT2D eigenvalue weighted by Gasteiger charge is 2.26. The zero-order chi connectivity index (χ0) is 13.8.